The highest BCUT2D eigenvalue weighted by molar-refractivity contribution is 6.35. The lowest BCUT2D eigenvalue weighted by atomic mass is 9.95. The lowest BCUT2D eigenvalue weighted by molar-refractivity contribution is -0.137. The summed E-state index contributed by atoms with van der Waals surface area (Å²) in [6, 6.07) is 13.8. The zero-order chi connectivity index (χ0) is 21.8. The Hall–Kier alpha value is -1.95. The number of piperazine rings is 1. The number of anilines is 1. The van der Waals surface area contributed by atoms with Crippen LogP contribution < -0.4 is 9.64 Å². The molecule has 5 nitrogen and oxygen atoms in total. The standard InChI is InChI=1S/C24H29Cl2N3O2/c1-31-22-8-6-21(7-9-22)28-11-13-29(14-12-28)24(30)19-3-2-10-27(17-19)16-18-4-5-20(25)15-23(18)26/h4-9,15,19H,2-3,10-14,16-17H2,1H3/t19-/m0/s1. The SMILES string of the molecule is COc1ccc(N2CCN(C(=O)[C@H]3CCCN(Cc4ccc(Cl)cc4Cl)C3)CC2)cc1. The molecular formula is C24H29Cl2N3O2. The van der Waals surface area contributed by atoms with Crippen molar-refractivity contribution in [2.75, 3.05) is 51.3 Å². The van der Waals surface area contributed by atoms with E-state index in [1.807, 2.05) is 29.2 Å². The lowest BCUT2D eigenvalue weighted by Crippen LogP contribution is -2.52. The van der Waals surface area contributed by atoms with Gasteiger partial charge < -0.3 is 14.5 Å². The van der Waals surface area contributed by atoms with Gasteiger partial charge >= 0.3 is 0 Å². The van der Waals surface area contributed by atoms with E-state index in [4.69, 9.17) is 27.9 Å². The lowest BCUT2D eigenvalue weighted by Gasteiger charge is -2.39. The van der Waals surface area contributed by atoms with Gasteiger partial charge in [-0.05, 0) is 61.3 Å². The van der Waals surface area contributed by atoms with E-state index in [0.717, 1.165) is 70.0 Å². The maximum Gasteiger partial charge on any atom is 0.227 e. The average molecular weight is 462 g/mol. The number of carbonyl (C=O) groups excluding carboxylic acids is 1. The molecule has 2 heterocycles. The molecule has 2 aromatic carbocycles. The summed E-state index contributed by atoms with van der Waals surface area (Å²) >= 11 is 12.4. The Bertz CT molecular complexity index is 898. The topological polar surface area (TPSA) is 36.0 Å². The zero-order valence-electron chi connectivity index (χ0n) is 17.9. The summed E-state index contributed by atoms with van der Waals surface area (Å²) in [6.07, 6.45) is 2.00. The molecule has 2 aliphatic rings. The molecular weight excluding hydrogens is 433 g/mol. The normalized spacial score (nSPS) is 20.0. The van der Waals surface area contributed by atoms with Crippen molar-refractivity contribution < 1.29 is 9.53 Å². The summed E-state index contributed by atoms with van der Waals surface area (Å²) in [4.78, 5) is 19.9. The first-order valence-corrected chi connectivity index (χ1v) is 11.6. The third-order valence-electron chi connectivity index (χ3n) is 6.29. The third-order valence-corrected chi connectivity index (χ3v) is 6.88. The van der Waals surface area contributed by atoms with Gasteiger partial charge in [0.05, 0.1) is 13.0 Å². The van der Waals surface area contributed by atoms with Crippen LogP contribution in [0.5, 0.6) is 5.75 Å². The van der Waals surface area contributed by atoms with E-state index >= 15 is 0 Å². The predicted octanol–water partition coefficient (Wildman–Crippen LogP) is 4.56. The molecule has 0 N–H and O–H groups in total. The molecule has 0 aliphatic carbocycles. The molecule has 2 saturated heterocycles. The van der Waals surface area contributed by atoms with E-state index in [9.17, 15) is 4.79 Å². The number of methoxy groups -OCH3 is 1. The van der Waals surface area contributed by atoms with Gasteiger partial charge in [0, 0.05) is 55.0 Å². The zero-order valence-corrected chi connectivity index (χ0v) is 19.4. The van der Waals surface area contributed by atoms with Crippen LogP contribution in [0.4, 0.5) is 5.69 Å². The number of nitrogens with zero attached hydrogens (tertiary/aromatic N) is 3. The van der Waals surface area contributed by atoms with Crippen molar-refractivity contribution in [3.63, 3.8) is 0 Å². The summed E-state index contributed by atoms with van der Waals surface area (Å²) in [6.45, 7) is 5.79. The second kappa shape index (κ2) is 10.1. The minimum Gasteiger partial charge on any atom is -0.497 e. The van der Waals surface area contributed by atoms with Crippen molar-refractivity contribution in [2.45, 2.75) is 19.4 Å². The molecule has 1 amide bonds. The smallest absolute Gasteiger partial charge is 0.227 e. The Morgan fingerprint density at radius 2 is 1.77 bits per heavy atom. The van der Waals surface area contributed by atoms with Crippen molar-refractivity contribution >= 4 is 34.8 Å². The van der Waals surface area contributed by atoms with E-state index in [0.29, 0.717) is 16.0 Å². The summed E-state index contributed by atoms with van der Waals surface area (Å²) in [5, 5.41) is 1.34. The predicted molar refractivity (Wildman–Crippen MR) is 126 cm³/mol. The van der Waals surface area contributed by atoms with Crippen LogP contribution in [0.25, 0.3) is 0 Å². The minimum absolute atomic E-state index is 0.0624. The van der Waals surface area contributed by atoms with Gasteiger partial charge in [0.15, 0.2) is 0 Å². The van der Waals surface area contributed by atoms with Crippen LogP contribution in [-0.2, 0) is 11.3 Å². The number of halogens is 2. The van der Waals surface area contributed by atoms with E-state index in [1.165, 1.54) is 5.69 Å². The fourth-order valence-electron chi connectivity index (χ4n) is 4.53. The van der Waals surface area contributed by atoms with E-state index in [-0.39, 0.29) is 5.92 Å². The largest absolute Gasteiger partial charge is 0.497 e. The number of amides is 1. The van der Waals surface area contributed by atoms with E-state index < -0.39 is 0 Å². The molecule has 166 valence electrons. The number of hydrogen-bond acceptors (Lipinski definition) is 4. The summed E-state index contributed by atoms with van der Waals surface area (Å²) < 4.78 is 5.24. The minimum atomic E-state index is 0.0624. The third kappa shape index (κ3) is 5.46. The van der Waals surface area contributed by atoms with Crippen LogP contribution in [0.15, 0.2) is 42.5 Å². The first-order chi connectivity index (χ1) is 15.0. The first-order valence-electron chi connectivity index (χ1n) is 10.9. The van der Waals surface area contributed by atoms with Gasteiger partial charge in [0.25, 0.3) is 0 Å². The van der Waals surface area contributed by atoms with Gasteiger partial charge in [-0.2, -0.15) is 0 Å². The fraction of sp³-hybridized carbons (Fsp3) is 0.458. The molecule has 31 heavy (non-hydrogen) atoms. The number of ether oxygens (including phenoxy) is 1. The molecule has 0 spiro atoms. The Morgan fingerprint density at radius 3 is 2.45 bits per heavy atom. The molecule has 7 heteroatoms. The van der Waals surface area contributed by atoms with Crippen molar-refractivity contribution in [1.29, 1.82) is 0 Å². The molecule has 1 atom stereocenters. The number of carbonyl (C=O) groups is 1. The van der Waals surface area contributed by atoms with Gasteiger partial charge in [-0.1, -0.05) is 29.3 Å². The molecule has 2 fully saturated rings. The van der Waals surface area contributed by atoms with Gasteiger partial charge in [0.2, 0.25) is 5.91 Å². The van der Waals surface area contributed by atoms with Crippen LogP contribution in [0.2, 0.25) is 10.0 Å². The molecule has 0 bridgehead atoms. The Kier molecular flexibility index (Phi) is 7.26. The van der Waals surface area contributed by atoms with Crippen molar-refractivity contribution in [1.82, 2.24) is 9.80 Å². The highest BCUT2D eigenvalue weighted by Crippen LogP contribution is 2.26. The number of benzene rings is 2. The quantitative estimate of drug-likeness (QED) is 0.653. The average Bonchev–Trinajstić information content (AvgIpc) is 2.81. The monoisotopic (exact) mass is 461 g/mol. The highest BCUT2D eigenvalue weighted by Gasteiger charge is 2.31. The second-order valence-electron chi connectivity index (χ2n) is 8.32. The number of piperidine rings is 1. The molecule has 0 aromatic heterocycles. The van der Waals surface area contributed by atoms with Gasteiger partial charge in [-0.15, -0.1) is 0 Å². The molecule has 0 radical (unpaired) electrons. The van der Waals surface area contributed by atoms with Crippen LogP contribution in [-0.4, -0.2) is 62.1 Å². The molecule has 4 rings (SSSR count). The summed E-state index contributed by atoms with van der Waals surface area (Å²) in [5.74, 6) is 1.22. The molecule has 2 aliphatic heterocycles. The van der Waals surface area contributed by atoms with Crippen LogP contribution in [0.3, 0.4) is 0 Å². The van der Waals surface area contributed by atoms with Gasteiger partial charge in [-0.25, -0.2) is 0 Å². The van der Waals surface area contributed by atoms with Crippen molar-refractivity contribution in [3.05, 3.63) is 58.1 Å². The number of likely N-dealkylation sites (tertiary alicyclic amines) is 1. The molecule has 0 saturated carbocycles. The molecule has 2 aromatic rings. The van der Waals surface area contributed by atoms with E-state index in [2.05, 4.69) is 21.9 Å². The number of rotatable bonds is 5. The highest BCUT2D eigenvalue weighted by atomic mass is 35.5. The summed E-state index contributed by atoms with van der Waals surface area (Å²) in [5.41, 5.74) is 2.24. The Labute approximate surface area is 194 Å². The fourth-order valence-corrected chi connectivity index (χ4v) is 5.00. The van der Waals surface area contributed by atoms with Gasteiger partial charge in [-0.3, -0.25) is 9.69 Å². The van der Waals surface area contributed by atoms with Crippen molar-refractivity contribution in [2.24, 2.45) is 5.92 Å². The maximum absolute atomic E-state index is 13.2. The van der Waals surface area contributed by atoms with Crippen molar-refractivity contribution in [3.8, 4) is 5.75 Å². The number of hydrogen-bond donors (Lipinski definition) is 0. The Balaban J connectivity index is 1.31. The maximum atomic E-state index is 13.2. The Morgan fingerprint density at radius 1 is 1.03 bits per heavy atom. The van der Waals surface area contributed by atoms with Crippen LogP contribution >= 0.6 is 23.2 Å². The van der Waals surface area contributed by atoms with Gasteiger partial charge in [0.1, 0.15) is 5.75 Å². The first kappa shape index (κ1) is 22.3. The van der Waals surface area contributed by atoms with Crippen LogP contribution in [0, 0.1) is 5.92 Å². The molecule has 0 unspecified atom stereocenters. The van der Waals surface area contributed by atoms with E-state index in [1.54, 1.807) is 13.2 Å². The van der Waals surface area contributed by atoms with Crippen LogP contribution in [0.1, 0.15) is 18.4 Å². The summed E-state index contributed by atoms with van der Waals surface area (Å²) in [7, 11) is 1.68. The second-order valence-corrected chi connectivity index (χ2v) is 9.16.